The van der Waals surface area contributed by atoms with E-state index in [9.17, 15) is 4.39 Å². The fourth-order valence-electron chi connectivity index (χ4n) is 2.41. The second-order valence-electron chi connectivity index (χ2n) is 4.93. The molecular formula is C16H13ClFIN2. The van der Waals surface area contributed by atoms with Gasteiger partial charge >= 0.3 is 0 Å². The van der Waals surface area contributed by atoms with E-state index in [1.165, 1.54) is 11.1 Å². The van der Waals surface area contributed by atoms with E-state index in [0.717, 1.165) is 16.9 Å². The smallest absolute Gasteiger partial charge is 0.138 e. The molecule has 0 unspecified atom stereocenters. The zero-order valence-electron chi connectivity index (χ0n) is 11.4. The Labute approximate surface area is 141 Å². The summed E-state index contributed by atoms with van der Waals surface area (Å²) in [6, 6.07) is 11.5. The second-order valence-corrected chi connectivity index (χ2v) is 6.36. The fraction of sp³-hybridized carbons (Fsp3) is 0.188. The number of imidazole rings is 1. The Kier molecular flexibility index (Phi) is 4.17. The predicted octanol–water partition coefficient (Wildman–Crippen LogP) is 4.88. The van der Waals surface area contributed by atoms with E-state index in [4.69, 9.17) is 11.6 Å². The van der Waals surface area contributed by atoms with Crippen LogP contribution in [0.25, 0.3) is 11.0 Å². The zero-order chi connectivity index (χ0) is 15.0. The molecular weight excluding hydrogens is 402 g/mol. The van der Waals surface area contributed by atoms with Gasteiger partial charge < -0.3 is 4.57 Å². The summed E-state index contributed by atoms with van der Waals surface area (Å²) in [7, 11) is 0. The van der Waals surface area contributed by atoms with Crippen molar-refractivity contribution in [1.82, 2.24) is 9.55 Å². The topological polar surface area (TPSA) is 17.8 Å². The van der Waals surface area contributed by atoms with Gasteiger partial charge in [0.1, 0.15) is 11.6 Å². The molecule has 3 aromatic rings. The molecule has 0 aliphatic heterocycles. The van der Waals surface area contributed by atoms with Crippen molar-refractivity contribution in [3.8, 4) is 0 Å². The molecule has 5 heteroatoms. The number of aryl methyl sites for hydroxylation is 1. The maximum absolute atomic E-state index is 13.9. The first-order valence-corrected chi connectivity index (χ1v) is 8.16. The molecule has 0 aliphatic carbocycles. The third kappa shape index (κ3) is 2.79. The molecule has 2 aromatic carbocycles. The van der Waals surface area contributed by atoms with Gasteiger partial charge in [0.2, 0.25) is 0 Å². The summed E-state index contributed by atoms with van der Waals surface area (Å²) >= 11 is 7.99. The highest BCUT2D eigenvalue weighted by Gasteiger charge is 2.13. The molecule has 0 amide bonds. The van der Waals surface area contributed by atoms with Crippen molar-refractivity contribution in [2.75, 3.05) is 0 Å². The van der Waals surface area contributed by atoms with Gasteiger partial charge in [-0.25, -0.2) is 9.37 Å². The fourth-order valence-corrected chi connectivity index (χ4v) is 3.06. The second kappa shape index (κ2) is 5.93. The Morgan fingerprint density at radius 3 is 2.76 bits per heavy atom. The van der Waals surface area contributed by atoms with Crippen LogP contribution in [0.4, 0.5) is 4.39 Å². The van der Waals surface area contributed by atoms with E-state index in [1.54, 1.807) is 12.1 Å². The Balaban J connectivity index is 2.16. The van der Waals surface area contributed by atoms with Gasteiger partial charge in [0.15, 0.2) is 0 Å². The van der Waals surface area contributed by atoms with Gasteiger partial charge in [-0.2, -0.15) is 0 Å². The molecule has 21 heavy (non-hydrogen) atoms. The monoisotopic (exact) mass is 414 g/mol. The largest absolute Gasteiger partial charge is 0.322 e. The van der Waals surface area contributed by atoms with Crippen LogP contribution in [-0.4, -0.2) is 9.55 Å². The van der Waals surface area contributed by atoms with Gasteiger partial charge in [-0.3, -0.25) is 0 Å². The predicted molar refractivity (Wildman–Crippen MR) is 92.2 cm³/mol. The highest BCUT2D eigenvalue weighted by Crippen LogP contribution is 2.24. The van der Waals surface area contributed by atoms with Crippen LogP contribution in [0.3, 0.4) is 0 Å². The molecule has 0 radical (unpaired) electrons. The molecule has 0 spiro atoms. The number of alkyl halides is 1. The van der Waals surface area contributed by atoms with Crippen molar-refractivity contribution >= 4 is 45.2 Å². The minimum atomic E-state index is -0.227. The molecule has 1 heterocycles. The lowest BCUT2D eigenvalue weighted by atomic mass is 10.1. The maximum atomic E-state index is 13.9. The molecule has 0 saturated carbocycles. The average molecular weight is 415 g/mol. The summed E-state index contributed by atoms with van der Waals surface area (Å²) in [6.45, 7) is 2.71. The van der Waals surface area contributed by atoms with Crippen LogP contribution >= 0.6 is 34.2 Å². The minimum Gasteiger partial charge on any atom is -0.322 e. The Hall–Kier alpha value is -1.14. The van der Waals surface area contributed by atoms with Gasteiger partial charge in [0.25, 0.3) is 0 Å². The molecule has 0 bridgehead atoms. The molecule has 1 aromatic heterocycles. The van der Waals surface area contributed by atoms with Crippen LogP contribution in [-0.2, 0) is 12.4 Å². The lowest BCUT2D eigenvalue weighted by molar-refractivity contribution is 0.621. The molecule has 108 valence electrons. The molecule has 0 fully saturated rings. The normalized spacial score (nSPS) is 11.2. The van der Waals surface area contributed by atoms with Crippen molar-refractivity contribution < 1.29 is 4.39 Å². The van der Waals surface area contributed by atoms with Gasteiger partial charge in [0, 0.05) is 12.6 Å². The number of hydrogen-bond acceptors (Lipinski definition) is 1. The van der Waals surface area contributed by atoms with Crippen molar-refractivity contribution in [2.24, 2.45) is 0 Å². The quantitative estimate of drug-likeness (QED) is 0.441. The number of hydrogen-bond donors (Lipinski definition) is 0. The SMILES string of the molecule is Cc1ccccc1Cn1c(CCl)nc2cc(I)c(F)cc21. The molecule has 2 nitrogen and oxygen atoms in total. The summed E-state index contributed by atoms with van der Waals surface area (Å²) in [6.07, 6.45) is 0. The molecule has 0 aliphatic rings. The zero-order valence-corrected chi connectivity index (χ0v) is 14.3. The van der Waals surface area contributed by atoms with E-state index in [1.807, 2.05) is 39.3 Å². The minimum absolute atomic E-state index is 0.227. The van der Waals surface area contributed by atoms with Crippen LogP contribution in [0.5, 0.6) is 0 Å². The van der Waals surface area contributed by atoms with Gasteiger partial charge in [-0.15, -0.1) is 11.6 Å². The Bertz CT molecular complexity index is 813. The first-order chi connectivity index (χ1) is 10.1. The Morgan fingerprint density at radius 1 is 1.29 bits per heavy atom. The number of aromatic nitrogens is 2. The van der Waals surface area contributed by atoms with Gasteiger partial charge in [-0.05, 0) is 46.7 Å². The number of benzene rings is 2. The summed E-state index contributed by atoms with van der Waals surface area (Å²) in [5.41, 5.74) is 3.95. The van der Waals surface area contributed by atoms with Crippen molar-refractivity contribution in [2.45, 2.75) is 19.3 Å². The van der Waals surface area contributed by atoms with Crippen LogP contribution < -0.4 is 0 Å². The first-order valence-electron chi connectivity index (χ1n) is 6.55. The number of rotatable bonds is 3. The van der Waals surface area contributed by atoms with Crippen molar-refractivity contribution in [3.63, 3.8) is 0 Å². The van der Waals surface area contributed by atoms with E-state index in [2.05, 4.69) is 24.0 Å². The van der Waals surface area contributed by atoms with E-state index < -0.39 is 0 Å². The van der Waals surface area contributed by atoms with Crippen LogP contribution in [0.1, 0.15) is 17.0 Å². The van der Waals surface area contributed by atoms with Crippen molar-refractivity contribution in [3.05, 3.63) is 62.7 Å². The molecule has 0 N–H and O–H groups in total. The standard InChI is InChI=1S/C16H13ClFIN2/c1-10-4-2-3-5-11(10)9-21-15-6-12(18)13(19)7-14(15)20-16(21)8-17/h2-7H,8-9H2,1H3. The van der Waals surface area contributed by atoms with Gasteiger partial charge in [0.05, 0.1) is 20.5 Å². The molecule has 3 rings (SSSR count). The third-order valence-corrected chi connectivity index (χ3v) is 4.64. The summed E-state index contributed by atoms with van der Waals surface area (Å²) in [5, 5.41) is 0. The number of nitrogens with zero attached hydrogens (tertiary/aromatic N) is 2. The lowest BCUT2D eigenvalue weighted by Gasteiger charge is -2.10. The summed E-state index contributed by atoms with van der Waals surface area (Å²) in [5.74, 6) is 0.838. The lowest BCUT2D eigenvalue weighted by Crippen LogP contribution is -2.05. The van der Waals surface area contributed by atoms with Crippen molar-refractivity contribution in [1.29, 1.82) is 0 Å². The highest BCUT2D eigenvalue weighted by atomic mass is 127. The average Bonchev–Trinajstić information content (AvgIpc) is 2.79. The molecule has 0 atom stereocenters. The number of fused-ring (bicyclic) bond motifs is 1. The van der Waals surface area contributed by atoms with Gasteiger partial charge in [-0.1, -0.05) is 24.3 Å². The van der Waals surface area contributed by atoms with Crippen LogP contribution in [0, 0.1) is 16.3 Å². The van der Waals surface area contributed by atoms with Crippen LogP contribution in [0.2, 0.25) is 0 Å². The highest BCUT2D eigenvalue weighted by molar-refractivity contribution is 14.1. The van der Waals surface area contributed by atoms with E-state index >= 15 is 0 Å². The van der Waals surface area contributed by atoms with Crippen LogP contribution in [0.15, 0.2) is 36.4 Å². The summed E-state index contributed by atoms with van der Waals surface area (Å²) < 4.78 is 16.4. The summed E-state index contributed by atoms with van der Waals surface area (Å²) in [4.78, 5) is 4.52. The third-order valence-electron chi connectivity index (χ3n) is 3.58. The van der Waals surface area contributed by atoms with E-state index in [-0.39, 0.29) is 5.82 Å². The Morgan fingerprint density at radius 2 is 2.05 bits per heavy atom. The van der Waals surface area contributed by atoms with E-state index in [0.29, 0.717) is 16.0 Å². The maximum Gasteiger partial charge on any atom is 0.138 e. The number of halogens is 3. The first kappa shape index (κ1) is 14.8. The molecule has 0 saturated heterocycles.